The van der Waals surface area contributed by atoms with Crippen LogP contribution in [0.5, 0.6) is 11.5 Å². The van der Waals surface area contributed by atoms with E-state index in [-0.39, 0.29) is 12.3 Å². The van der Waals surface area contributed by atoms with E-state index in [2.05, 4.69) is 36.1 Å². The second kappa shape index (κ2) is 8.65. The van der Waals surface area contributed by atoms with Gasteiger partial charge in [-0.25, -0.2) is 9.59 Å². The summed E-state index contributed by atoms with van der Waals surface area (Å²) in [4.78, 5) is 23.6. The number of nitrogens with zero attached hydrogens (tertiary/aromatic N) is 2. The van der Waals surface area contributed by atoms with Crippen molar-refractivity contribution in [2.75, 3.05) is 20.8 Å². The van der Waals surface area contributed by atoms with Gasteiger partial charge in [-0.15, -0.1) is 5.10 Å². The molecule has 1 unspecified atom stereocenters. The van der Waals surface area contributed by atoms with Crippen LogP contribution in [0.25, 0.3) is 11.3 Å². The molecule has 0 radical (unpaired) electrons. The molecule has 1 aromatic carbocycles. The van der Waals surface area contributed by atoms with Crippen LogP contribution in [-0.4, -0.2) is 54.3 Å². The number of halogens is 1. The number of benzene rings is 1. The van der Waals surface area contributed by atoms with Crippen LogP contribution in [0.3, 0.4) is 0 Å². The van der Waals surface area contributed by atoms with Crippen LogP contribution in [0.2, 0.25) is 0 Å². The van der Waals surface area contributed by atoms with Crippen LogP contribution >= 0.6 is 15.9 Å². The molecule has 1 aromatic heterocycles. The van der Waals surface area contributed by atoms with E-state index in [0.29, 0.717) is 27.2 Å². The van der Waals surface area contributed by atoms with Crippen molar-refractivity contribution in [2.24, 2.45) is 0 Å². The first-order valence-electron chi connectivity index (χ1n) is 7.63. The summed E-state index contributed by atoms with van der Waals surface area (Å²) in [5.74, 6) is -0.464. The summed E-state index contributed by atoms with van der Waals surface area (Å²) >= 11 is 3.38. The van der Waals surface area contributed by atoms with E-state index in [1.165, 1.54) is 14.2 Å². The first-order valence-corrected chi connectivity index (χ1v) is 8.42. The van der Waals surface area contributed by atoms with E-state index in [1.807, 2.05) is 0 Å². The van der Waals surface area contributed by atoms with Gasteiger partial charge >= 0.3 is 11.9 Å². The molecule has 2 aromatic rings. The largest absolute Gasteiger partial charge is 0.493 e. The number of nitrogens with one attached hydrogen (secondary N) is 1. The number of hydrogen-bond donors (Lipinski definition) is 1. The van der Waals surface area contributed by atoms with E-state index in [9.17, 15) is 9.59 Å². The average molecular weight is 428 g/mol. The van der Waals surface area contributed by atoms with Crippen LogP contribution in [0.4, 0.5) is 0 Å². The van der Waals surface area contributed by atoms with Gasteiger partial charge < -0.3 is 18.9 Å². The second-order valence-electron chi connectivity index (χ2n) is 5.01. The SMILES string of the molecule is CCOC(=O)c1n[nH]nc1-c1cc(Br)c(OC(C)C(=O)OC)c(OC)c1. The lowest BCUT2D eigenvalue weighted by Gasteiger charge is -2.17. The Morgan fingerprint density at radius 1 is 1.27 bits per heavy atom. The lowest BCUT2D eigenvalue weighted by atomic mass is 10.1. The summed E-state index contributed by atoms with van der Waals surface area (Å²) in [5, 5.41) is 10.3. The van der Waals surface area contributed by atoms with Crippen LogP contribution in [0.1, 0.15) is 24.3 Å². The number of ether oxygens (including phenoxy) is 4. The zero-order valence-electron chi connectivity index (χ0n) is 14.7. The number of esters is 2. The standard InChI is InChI=1S/C16H18BrN3O6/c1-5-25-16(22)13-12(18-20-19-13)9-6-10(17)14(11(7-9)23-3)26-8(2)15(21)24-4/h6-8H,5H2,1-4H3,(H,18,19,20). The Hall–Kier alpha value is -2.62. The quantitative estimate of drug-likeness (QED) is 0.669. The predicted octanol–water partition coefficient (Wildman–Crippen LogP) is 2.36. The number of rotatable bonds is 7. The molecule has 2 rings (SSSR count). The Kier molecular flexibility index (Phi) is 6.56. The summed E-state index contributed by atoms with van der Waals surface area (Å²) in [7, 11) is 2.73. The van der Waals surface area contributed by atoms with Gasteiger partial charge in [-0.1, -0.05) is 0 Å². The van der Waals surface area contributed by atoms with Crippen LogP contribution in [0, 0.1) is 0 Å². The zero-order valence-corrected chi connectivity index (χ0v) is 16.2. The maximum Gasteiger partial charge on any atom is 0.361 e. The van der Waals surface area contributed by atoms with E-state index < -0.39 is 18.0 Å². The van der Waals surface area contributed by atoms with Crippen LogP contribution < -0.4 is 9.47 Å². The highest BCUT2D eigenvalue weighted by atomic mass is 79.9. The van der Waals surface area contributed by atoms with E-state index in [1.54, 1.807) is 26.0 Å². The highest BCUT2D eigenvalue weighted by Gasteiger charge is 2.24. The topological polar surface area (TPSA) is 113 Å². The molecule has 0 aliphatic heterocycles. The number of methoxy groups -OCH3 is 2. The van der Waals surface area contributed by atoms with Gasteiger partial charge in [-0.05, 0) is 41.9 Å². The van der Waals surface area contributed by atoms with Crippen molar-refractivity contribution < 1.29 is 28.5 Å². The van der Waals surface area contributed by atoms with Crippen molar-refractivity contribution in [1.29, 1.82) is 0 Å². The third kappa shape index (κ3) is 4.13. The number of hydrogen-bond acceptors (Lipinski definition) is 8. The molecule has 0 bridgehead atoms. The monoisotopic (exact) mass is 427 g/mol. The van der Waals surface area contributed by atoms with Gasteiger partial charge in [0.15, 0.2) is 23.3 Å². The number of carbonyl (C=O) groups is 2. The number of aromatic amines is 1. The Bertz CT molecular complexity index is 807. The van der Waals surface area contributed by atoms with Crippen molar-refractivity contribution in [3.8, 4) is 22.8 Å². The normalized spacial score (nSPS) is 11.6. The minimum Gasteiger partial charge on any atom is -0.493 e. The summed E-state index contributed by atoms with van der Waals surface area (Å²) in [6.45, 7) is 3.48. The summed E-state index contributed by atoms with van der Waals surface area (Å²) in [6, 6.07) is 3.28. The minimum atomic E-state index is -0.835. The molecule has 0 aliphatic rings. The zero-order chi connectivity index (χ0) is 19.3. The molecule has 9 nitrogen and oxygen atoms in total. The van der Waals surface area contributed by atoms with Crippen molar-refractivity contribution in [3.63, 3.8) is 0 Å². The van der Waals surface area contributed by atoms with Gasteiger partial charge in [0.05, 0.1) is 25.3 Å². The van der Waals surface area contributed by atoms with Crippen LogP contribution in [0.15, 0.2) is 16.6 Å². The Morgan fingerprint density at radius 2 is 2.00 bits per heavy atom. The molecular formula is C16H18BrN3O6. The highest BCUT2D eigenvalue weighted by Crippen LogP contribution is 2.40. The third-order valence-corrected chi connectivity index (χ3v) is 3.94. The van der Waals surface area contributed by atoms with Crippen molar-refractivity contribution in [1.82, 2.24) is 15.4 Å². The van der Waals surface area contributed by atoms with E-state index >= 15 is 0 Å². The first-order chi connectivity index (χ1) is 12.4. The maximum absolute atomic E-state index is 12.0. The van der Waals surface area contributed by atoms with Crippen LogP contribution in [-0.2, 0) is 14.3 Å². The molecule has 1 heterocycles. The molecule has 0 spiro atoms. The molecule has 0 amide bonds. The Balaban J connectivity index is 2.42. The molecule has 0 aliphatic carbocycles. The van der Waals surface area contributed by atoms with Crippen molar-refractivity contribution in [2.45, 2.75) is 20.0 Å². The third-order valence-electron chi connectivity index (χ3n) is 3.35. The highest BCUT2D eigenvalue weighted by molar-refractivity contribution is 9.10. The molecule has 26 heavy (non-hydrogen) atoms. The summed E-state index contributed by atoms with van der Waals surface area (Å²) in [5.41, 5.74) is 0.899. The second-order valence-corrected chi connectivity index (χ2v) is 5.87. The summed E-state index contributed by atoms with van der Waals surface area (Å²) in [6.07, 6.45) is -0.835. The van der Waals surface area contributed by atoms with Crippen molar-refractivity contribution in [3.05, 3.63) is 22.3 Å². The molecule has 0 fully saturated rings. The number of H-pyrrole nitrogens is 1. The van der Waals surface area contributed by atoms with E-state index in [0.717, 1.165) is 0 Å². The molecule has 1 atom stereocenters. The fourth-order valence-electron chi connectivity index (χ4n) is 2.14. The fraction of sp³-hybridized carbons (Fsp3) is 0.375. The molecule has 140 valence electrons. The average Bonchev–Trinajstić information content (AvgIpc) is 3.12. The van der Waals surface area contributed by atoms with E-state index in [4.69, 9.17) is 14.2 Å². The van der Waals surface area contributed by atoms with Gasteiger partial charge in [0.1, 0.15) is 5.69 Å². The smallest absolute Gasteiger partial charge is 0.361 e. The van der Waals surface area contributed by atoms with Gasteiger partial charge in [0.25, 0.3) is 0 Å². The Morgan fingerprint density at radius 3 is 2.62 bits per heavy atom. The van der Waals surface area contributed by atoms with Gasteiger partial charge in [-0.2, -0.15) is 10.3 Å². The minimum absolute atomic E-state index is 0.0531. The molecule has 1 N–H and O–H groups in total. The lowest BCUT2D eigenvalue weighted by Crippen LogP contribution is -2.25. The lowest BCUT2D eigenvalue weighted by molar-refractivity contribution is -0.147. The van der Waals surface area contributed by atoms with Gasteiger partial charge in [0, 0.05) is 5.56 Å². The summed E-state index contributed by atoms with van der Waals surface area (Å²) < 4.78 is 21.1. The number of aromatic nitrogens is 3. The van der Waals surface area contributed by atoms with Gasteiger partial charge in [-0.3, -0.25) is 0 Å². The van der Waals surface area contributed by atoms with Crippen molar-refractivity contribution >= 4 is 27.9 Å². The number of carbonyl (C=O) groups excluding carboxylic acids is 2. The maximum atomic E-state index is 12.0. The Labute approximate surface area is 158 Å². The molecule has 10 heteroatoms. The molecular weight excluding hydrogens is 410 g/mol. The molecule has 0 saturated heterocycles. The fourth-order valence-corrected chi connectivity index (χ4v) is 2.67. The first kappa shape index (κ1) is 19.7. The molecule has 0 saturated carbocycles. The predicted molar refractivity (Wildman–Crippen MR) is 94.1 cm³/mol. The van der Waals surface area contributed by atoms with Gasteiger partial charge in [0.2, 0.25) is 0 Å².